The topological polar surface area (TPSA) is 138 Å². The standard InChI is InChI=1S/C18H20N8O3S/c1-3-30(28,29)24-11-18(12-24,6-7-19)26-10-14(9-20-26)15-5-4-8-25-16(15)22-17(23-25)21-13(2)27/h4-5,8-10H,3,6,11-12H2,1-2H3,(H,21,23,27). The minimum absolute atomic E-state index is 0.0193. The number of pyridine rings is 1. The molecule has 0 aliphatic carbocycles. The Morgan fingerprint density at radius 1 is 1.40 bits per heavy atom. The number of aromatic nitrogens is 5. The maximum absolute atomic E-state index is 12.1. The zero-order valence-electron chi connectivity index (χ0n) is 16.5. The first-order valence-electron chi connectivity index (χ1n) is 9.31. The van der Waals surface area contributed by atoms with Gasteiger partial charge in [-0.15, -0.1) is 5.10 Å². The quantitative estimate of drug-likeness (QED) is 0.613. The third kappa shape index (κ3) is 3.31. The SMILES string of the molecule is CCS(=O)(=O)N1CC(CC#N)(n2cc(-c3cccn4nc(NC(C)=O)nc34)cn2)C1. The van der Waals surface area contributed by atoms with E-state index < -0.39 is 15.6 Å². The van der Waals surface area contributed by atoms with E-state index in [-0.39, 0.29) is 37.1 Å². The molecule has 0 unspecified atom stereocenters. The molecule has 3 aromatic rings. The molecule has 30 heavy (non-hydrogen) atoms. The summed E-state index contributed by atoms with van der Waals surface area (Å²) >= 11 is 0. The van der Waals surface area contributed by atoms with E-state index in [0.29, 0.717) is 5.65 Å². The Hall–Kier alpha value is -3.30. The molecule has 0 saturated carbocycles. The van der Waals surface area contributed by atoms with Gasteiger partial charge in [0.25, 0.3) is 0 Å². The predicted molar refractivity (Wildman–Crippen MR) is 108 cm³/mol. The maximum Gasteiger partial charge on any atom is 0.249 e. The summed E-state index contributed by atoms with van der Waals surface area (Å²) in [5, 5.41) is 20.5. The molecule has 1 aliphatic heterocycles. The van der Waals surface area contributed by atoms with Crippen molar-refractivity contribution in [3.8, 4) is 17.2 Å². The van der Waals surface area contributed by atoms with Crippen LogP contribution in [0.2, 0.25) is 0 Å². The third-order valence-corrected chi connectivity index (χ3v) is 6.91. The van der Waals surface area contributed by atoms with Gasteiger partial charge in [-0.2, -0.15) is 19.6 Å². The fourth-order valence-electron chi connectivity index (χ4n) is 3.54. The van der Waals surface area contributed by atoms with E-state index >= 15 is 0 Å². The summed E-state index contributed by atoms with van der Waals surface area (Å²) in [5.41, 5.74) is 1.34. The number of rotatable bonds is 6. The molecule has 4 rings (SSSR count). The van der Waals surface area contributed by atoms with E-state index in [1.807, 2.05) is 6.07 Å². The number of nitrogens with zero attached hydrogens (tertiary/aromatic N) is 7. The lowest BCUT2D eigenvalue weighted by Crippen LogP contribution is -2.64. The molecule has 1 N–H and O–H groups in total. The van der Waals surface area contributed by atoms with Gasteiger partial charge in [0.05, 0.1) is 24.4 Å². The first kappa shape index (κ1) is 20.0. The molecule has 0 radical (unpaired) electrons. The van der Waals surface area contributed by atoms with Gasteiger partial charge < -0.3 is 0 Å². The number of carbonyl (C=O) groups excluding carboxylic acids is 1. The highest BCUT2D eigenvalue weighted by molar-refractivity contribution is 7.89. The second kappa shape index (κ2) is 7.19. The largest absolute Gasteiger partial charge is 0.293 e. The number of nitrogens with one attached hydrogen (secondary N) is 1. The normalized spacial score (nSPS) is 16.2. The zero-order valence-corrected chi connectivity index (χ0v) is 17.3. The molecule has 1 amide bonds. The van der Waals surface area contributed by atoms with Crippen molar-refractivity contribution in [3.63, 3.8) is 0 Å². The number of hydrogen-bond donors (Lipinski definition) is 1. The van der Waals surface area contributed by atoms with Gasteiger partial charge in [-0.3, -0.25) is 14.8 Å². The second-order valence-electron chi connectivity index (χ2n) is 7.21. The molecule has 3 aromatic heterocycles. The number of amides is 1. The van der Waals surface area contributed by atoms with Gasteiger partial charge in [-0.1, -0.05) is 0 Å². The van der Waals surface area contributed by atoms with Crippen molar-refractivity contribution < 1.29 is 13.2 Å². The molecule has 12 heteroatoms. The molecular formula is C18H20N8O3S. The lowest BCUT2D eigenvalue weighted by molar-refractivity contribution is -0.114. The Bertz CT molecular complexity index is 1260. The van der Waals surface area contributed by atoms with Crippen LogP contribution in [0.5, 0.6) is 0 Å². The van der Waals surface area contributed by atoms with Crippen molar-refractivity contribution in [1.29, 1.82) is 5.26 Å². The van der Waals surface area contributed by atoms with Crippen molar-refractivity contribution in [3.05, 3.63) is 30.7 Å². The lowest BCUT2D eigenvalue weighted by Gasteiger charge is -2.47. The number of hydrogen-bond acceptors (Lipinski definition) is 7. The van der Waals surface area contributed by atoms with Crippen molar-refractivity contribution in [1.82, 2.24) is 28.7 Å². The highest BCUT2D eigenvalue weighted by Crippen LogP contribution is 2.35. The second-order valence-corrected chi connectivity index (χ2v) is 9.47. The van der Waals surface area contributed by atoms with E-state index in [4.69, 9.17) is 0 Å². The minimum Gasteiger partial charge on any atom is -0.293 e. The first-order chi connectivity index (χ1) is 14.3. The van der Waals surface area contributed by atoms with Gasteiger partial charge >= 0.3 is 0 Å². The number of anilines is 1. The molecule has 156 valence electrons. The van der Waals surface area contributed by atoms with E-state index in [1.165, 1.54) is 11.2 Å². The Morgan fingerprint density at radius 3 is 2.83 bits per heavy atom. The summed E-state index contributed by atoms with van der Waals surface area (Å²) in [7, 11) is -3.31. The molecule has 0 bridgehead atoms. The Balaban J connectivity index is 1.68. The highest BCUT2D eigenvalue weighted by atomic mass is 32.2. The molecule has 0 aromatic carbocycles. The minimum atomic E-state index is -3.31. The number of carbonyl (C=O) groups is 1. The molecule has 1 aliphatic rings. The lowest BCUT2D eigenvalue weighted by atomic mass is 9.89. The van der Waals surface area contributed by atoms with Gasteiger partial charge in [0.2, 0.25) is 21.9 Å². The summed E-state index contributed by atoms with van der Waals surface area (Å²) in [6, 6.07) is 5.81. The third-order valence-electron chi connectivity index (χ3n) is 5.14. The summed E-state index contributed by atoms with van der Waals surface area (Å²) in [6.07, 6.45) is 5.30. The average Bonchev–Trinajstić information content (AvgIpc) is 3.30. The van der Waals surface area contributed by atoms with E-state index in [9.17, 15) is 18.5 Å². The van der Waals surface area contributed by atoms with Crippen LogP contribution >= 0.6 is 0 Å². The fourth-order valence-corrected chi connectivity index (χ4v) is 4.78. The zero-order chi connectivity index (χ0) is 21.5. The number of sulfonamides is 1. The summed E-state index contributed by atoms with van der Waals surface area (Å²) in [4.78, 5) is 15.7. The van der Waals surface area contributed by atoms with Crippen LogP contribution in [-0.4, -0.2) is 61.9 Å². The van der Waals surface area contributed by atoms with Crippen LogP contribution in [0, 0.1) is 11.3 Å². The molecule has 0 atom stereocenters. The Kier molecular flexibility index (Phi) is 4.79. The predicted octanol–water partition coefficient (Wildman–Crippen LogP) is 0.825. The van der Waals surface area contributed by atoms with Crippen molar-refractivity contribution in [2.75, 3.05) is 24.2 Å². The van der Waals surface area contributed by atoms with Crippen molar-refractivity contribution in [2.45, 2.75) is 25.8 Å². The Morgan fingerprint density at radius 2 is 2.17 bits per heavy atom. The van der Waals surface area contributed by atoms with Gasteiger partial charge in [-0.05, 0) is 19.1 Å². The Labute approximate surface area is 173 Å². The summed E-state index contributed by atoms with van der Waals surface area (Å²) < 4.78 is 28.9. The van der Waals surface area contributed by atoms with Crippen LogP contribution in [-0.2, 0) is 20.4 Å². The van der Waals surface area contributed by atoms with Gasteiger partial charge in [0.15, 0.2) is 5.65 Å². The van der Waals surface area contributed by atoms with Crippen LogP contribution in [0.3, 0.4) is 0 Å². The molecule has 0 spiro atoms. The molecule has 4 heterocycles. The first-order valence-corrected chi connectivity index (χ1v) is 10.9. The summed E-state index contributed by atoms with van der Waals surface area (Å²) in [6.45, 7) is 3.39. The van der Waals surface area contributed by atoms with Gasteiger partial charge in [-0.25, -0.2) is 12.9 Å². The van der Waals surface area contributed by atoms with Crippen LogP contribution < -0.4 is 5.32 Å². The number of fused-ring (bicyclic) bond motifs is 1. The van der Waals surface area contributed by atoms with E-state index in [1.54, 1.807) is 40.8 Å². The smallest absolute Gasteiger partial charge is 0.249 e. The van der Waals surface area contributed by atoms with Gasteiger partial charge in [0, 0.05) is 43.5 Å². The van der Waals surface area contributed by atoms with E-state index in [0.717, 1.165) is 11.1 Å². The van der Waals surface area contributed by atoms with E-state index in [2.05, 4.69) is 26.6 Å². The molecule has 1 fully saturated rings. The summed E-state index contributed by atoms with van der Waals surface area (Å²) in [5.74, 6) is -0.0520. The van der Waals surface area contributed by atoms with Crippen molar-refractivity contribution in [2.24, 2.45) is 0 Å². The average molecular weight is 428 g/mol. The van der Waals surface area contributed by atoms with Crippen LogP contribution in [0.25, 0.3) is 16.8 Å². The highest BCUT2D eigenvalue weighted by Gasteiger charge is 2.49. The fraction of sp³-hybridized carbons (Fsp3) is 0.389. The number of nitriles is 1. The van der Waals surface area contributed by atoms with Crippen molar-refractivity contribution >= 4 is 27.5 Å². The molecular weight excluding hydrogens is 408 g/mol. The maximum atomic E-state index is 12.1. The van der Waals surface area contributed by atoms with Crippen LogP contribution in [0.4, 0.5) is 5.95 Å². The van der Waals surface area contributed by atoms with Gasteiger partial charge in [0.1, 0.15) is 5.54 Å². The monoisotopic (exact) mass is 428 g/mol. The van der Waals surface area contributed by atoms with Crippen LogP contribution in [0.1, 0.15) is 20.3 Å². The molecule has 1 saturated heterocycles. The van der Waals surface area contributed by atoms with Crippen LogP contribution in [0.15, 0.2) is 30.7 Å². The molecule has 11 nitrogen and oxygen atoms in total.